The van der Waals surface area contributed by atoms with E-state index in [1.165, 1.54) is 25.7 Å². The second-order valence-electron chi connectivity index (χ2n) is 6.10. The lowest BCUT2D eigenvalue weighted by Gasteiger charge is -2.17. The standard InChI is InChI=1S/C15H19FN2O2/c1-9-6-14(15(18(19)20)7-13(9)16)17-8-12(10-2-3-10)11-4-5-11/h6-7,10-12,17H,2-5,8H2,1H3. The van der Waals surface area contributed by atoms with Crippen molar-refractivity contribution >= 4 is 11.4 Å². The molecule has 2 aliphatic rings. The van der Waals surface area contributed by atoms with E-state index >= 15 is 0 Å². The Kier molecular flexibility index (Phi) is 3.36. The quantitative estimate of drug-likeness (QED) is 0.634. The Morgan fingerprint density at radius 3 is 2.45 bits per heavy atom. The van der Waals surface area contributed by atoms with Crippen molar-refractivity contribution in [2.75, 3.05) is 11.9 Å². The van der Waals surface area contributed by atoms with E-state index in [4.69, 9.17) is 0 Å². The molecule has 2 saturated carbocycles. The van der Waals surface area contributed by atoms with Gasteiger partial charge in [-0.1, -0.05) is 0 Å². The van der Waals surface area contributed by atoms with Gasteiger partial charge in [0.05, 0.1) is 11.0 Å². The maximum atomic E-state index is 13.5. The van der Waals surface area contributed by atoms with E-state index in [9.17, 15) is 14.5 Å². The summed E-state index contributed by atoms with van der Waals surface area (Å²) in [7, 11) is 0. The van der Waals surface area contributed by atoms with E-state index in [0.717, 1.165) is 24.4 Å². The predicted octanol–water partition coefficient (Wildman–Crippen LogP) is 3.89. The molecule has 1 N–H and O–H groups in total. The zero-order chi connectivity index (χ0) is 14.3. The predicted molar refractivity (Wildman–Crippen MR) is 75.2 cm³/mol. The lowest BCUT2D eigenvalue weighted by Crippen LogP contribution is -2.19. The van der Waals surface area contributed by atoms with Gasteiger partial charge in [0, 0.05) is 6.54 Å². The highest BCUT2D eigenvalue weighted by Crippen LogP contribution is 2.49. The van der Waals surface area contributed by atoms with Crippen LogP contribution in [0.2, 0.25) is 0 Å². The molecule has 20 heavy (non-hydrogen) atoms. The molecule has 0 heterocycles. The second-order valence-corrected chi connectivity index (χ2v) is 6.10. The number of hydrogen-bond acceptors (Lipinski definition) is 3. The van der Waals surface area contributed by atoms with Crippen LogP contribution >= 0.6 is 0 Å². The van der Waals surface area contributed by atoms with Gasteiger partial charge < -0.3 is 5.32 Å². The molecule has 1 aromatic carbocycles. The Bertz CT molecular complexity index is 527. The Morgan fingerprint density at radius 2 is 1.95 bits per heavy atom. The van der Waals surface area contributed by atoms with Gasteiger partial charge in [-0.3, -0.25) is 10.1 Å². The van der Waals surface area contributed by atoms with Crippen LogP contribution in [0.1, 0.15) is 31.2 Å². The van der Waals surface area contributed by atoms with Gasteiger partial charge in [-0.25, -0.2) is 4.39 Å². The van der Waals surface area contributed by atoms with Crippen molar-refractivity contribution in [3.05, 3.63) is 33.6 Å². The summed E-state index contributed by atoms with van der Waals surface area (Å²) >= 11 is 0. The average molecular weight is 278 g/mol. The third-order valence-electron chi connectivity index (χ3n) is 4.46. The summed E-state index contributed by atoms with van der Waals surface area (Å²) in [5.41, 5.74) is 0.714. The molecule has 0 atom stereocenters. The summed E-state index contributed by atoms with van der Waals surface area (Å²) in [5.74, 6) is 1.68. The fourth-order valence-electron chi connectivity index (χ4n) is 2.96. The van der Waals surface area contributed by atoms with Crippen LogP contribution in [-0.4, -0.2) is 11.5 Å². The molecular formula is C15H19FN2O2. The maximum Gasteiger partial charge on any atom is 0.295 e. The number of benzene rings is 1. The van der Waals surface area contributed by atoms with Crippen LogP contribution < -0.4 is 5.32 Å². The minimum atomic E-state index is -0.525. The van der Waals surface area contributed by atoms with Crippen LogP contribution in [-0.2, 0) is 0 Å². The van der Waals surface area contributed by atoms with Gasteiger partial charge in [-0.05, 0) is 62.0 Å². The fraction of sp³-hybridized carbons (Fsp3) is 0.600. The Hall–Kier alpha value is -1.65. The number of hydrogen-bond donors (Lipinski definition) is 1. The summed E-state index contributed by atoms with van der Waals surface area (Å²) in [4.78, 5) is 10.5. The monoisotopic (exact) mass is 278 g/mol. The molecular weight excluding hydrogens is 259 g/mol. The van der Waals surface area contributed by atoms with E-state index in [2.05, 4.69) is 5.32 Å². The van der Waals surface area contributed by atoms with Crippen molar-refractivity contribution in [3.8, 4) is 0 Å². The molecule has 108 valence electrons. The second kappa shape index (κ2) is 5.04. The number of nitrogens with one attached hydrogen (secondary N) is 1. The number of halogens is 1. The van der Waals surface area contributed by atoms with E-state index in [-0.39, 0.29) is 5.69 Å². The SMILES string of the molecule is Cc1cc(NCC(C2CC2)C2CC2)c([N+](=O)[O-])cc1F. The van der Waals surface area contributed by atoms with E-state index in [1.54, 1.807) is 13.0 Å². The molecule has 3 rings (SSSR count). The van der Waals surface area contributed by atoms with Gasteiger partial charge in [0.15, 0.2) is 0 Å². The molecule has 0 amide bonds. The van der Waals surface area contributed by atoms with Crippen LogP contribution in [0, 0.1) is 40.6 Å². The smallest absolute Gasteiger partial charge is 0.295 e. The largest absolute Gasteiger partial charge is 0.379 e. The number of anilines is 1. The van der Waals surface area contributed by atoms with Gasteiger partial charge in [0.25, 0.3) is 5.69 Å². The molecule has 0 aliphatic heterocycles. The molecule has 0 aromatic heterocycles. The van der Waals surface area contributed by atoms with Gasteiger partial charge in [-0.15, -0.1) is 0 Å². The molecule has 0 radical (unpaired) electrons. The topological polar surface area (TPSA) is 55.2 Å². The first kappa shape index (κ1) is 13.3. The summed E-state index contributed by atoms with van der Waals surface area (Å²) in [6.45, 7) is 2.39. The molecule has 1 aromatic rings. The third kappa shape index (κ3) is 2.76. The highest BCUT2D eigenvalue weighted by atomic mass is 19.1. The molecule has 4 nitrogen and oxygen atoms in total. The first-order chi connectivity index (χ1) is 9.56. The zero-order valence-electron chi connectivity index (χ0n) is 11.6. The number of nitro benzene ring substituents is 1. The summed E-state index contributed by atoms with van der Waals surface area (Å²) in [5, 5.41) is 14.2. The van der Waals surface area contributed by atoms with Crippen LogP contribution in [0.15, 0.2) is 12.1 Å². The first-order valence-corrected chi connectivity index (χ1v) is 7.24. The van der Waals surface area contributed by atoms with Crippen molar-refractivity contribution in [1.82, 2.24) is 0 Å². The van der Waals surface area contributed by atoms with Crippen LogP contribution in [0.4, 0.5) is 15.8 Å². The Morgan fingerprint density at radius 1 is 1.35 bits per heavy atom. The van der Waals surface area contributed by atoms with Crippen LogP contribution in [0.3, 0.4) is 0 Å². The summed E-state index contributed by atoms with van der Waals surface area (Å²) < 4.78 is 13.5. The van der Waals surface area contributed by atoms with Gasteiger partial charge in [-0.2, -0.15) is 0 Å². The lowest BCUT2D eigenvalue weighted by atomic mass is 9.98. The summed E-state index contributed by atoms with van der Waals surface area (Å²) in [6, 6.07) is 2.56. The number of aryl methyl sites for hydroxylation is 1. The minimum Gasteiger partial charge on any atom is -0.379 e. The summed E-state index contributed by atoms with van der Waals surface area (Å²) in [6.07, 6.45) is 5.14. The van der Waals surface area contributed by atoms with Crippen molar-refractivity contribution in [2.45, 2.75) is 32.6 Å². The maximum absolute atomic E-state index is 13.5. The molecule has 2 aliphatic carbocycles. The number of nitro groups is 1. The number of nitrogens with zero attached hydrogens (tertiary/aromatic N) is 1. The van der Waals surface area contributed by atoms with Gasteiger partial charge in [0.1, 0.15) is 11.5 Å². The molecule has 5 heteroatoms. The zero-order valence-corrected chi connectivity index (χ0v) is 11.6. The average Bonchev–Trinajstić information content (AvgIpc) is 3.26. The molecule has 0 spiro atoms. The van der Waals surface area contributed by atoms with Crippen molar-refractivity contribution < 1.29 is 9.31 Å². The van der Waals surface area contributed by atoms with Gasteiger partial charge >= 0.3 is 0 Å². The van der Waals surface area contributed by atoms with E-state index in [0.29, 0.717) is 17.2 Å². The van der Waals surface area contributed by atoms with Crippen molar-refractivity contribution in [3.63, 3.8) is 0 Å². The van der Waals surface area contributed by atoms with Gasteiger partial charge in [0.2, 0.25) is 0 Å². The normalized spacial score (nSPS) is 18.4. The third-order valence-corrected chi connectivity index (χ3v) is 4.46. The van der Waals surface area contributed by atoms with E-state index in [1.807, 2.05) is 0 Å². The van der Waals surface area contributed by atoms with Crippen molar-refractivity contribution in [2.24, 2.45) is 17.8 Å². The molecule has 0 bridgehead atoms. The fourth-order valence-corrected chi connectivity index (χ4v) is 2.96. The highest BCUT2D eigenvalue weighted by molar-refractivity contribution is 5.63. The molecule has 0 saturated heterocycles. The Labute approximate surface area is 117 Å². The van der Waals surface area contributed by atoms with Crippen LogP contribution in [0.25, 0.3) is 0 Å². The van der Waals surface area contributed by atoms with Crippen molar-refractivity contribution in [1.29, 1.82) is 0 Å². The van der Waals surface area contributed by atoms with Crippen LogP contribution in [0.5, 0.6) is 0 Å². The Balaban J connectivity index is 1.75. The minimum absolute atomic E-state index is 0.168. The molecule has 2 fully saturated rings. The first-order valence-electron chi connectivity index (χ1n) is 7.24. The molecule has 0 unspecified atom stereocenters. The highest BCUT2D eigenvalue weighted by Gasteiger charge is 2.41. The van der Waals surface area contributed by atoms with E-state index < -0.39 is 10.7 Å². The lowest BCUT2D eigenvalue weighted by molar-refractivity contribution is -0.384. The number of rotatable bonds is 6.